The van der Waals surface area contributed by atoms with Crippen LogP contribution in [-0.2, 0) is 0 Å². The van der Waals surface area contributed by atoms with Crippen LogP contribution in [-0.4, -0.2) is 48.3 Å². The highest BCUT2D eigenvalue weighted by molar-refractivity contribution is 4.93. The van der Waals surface area contributed by atoms with E-state index in [1.165, 1.54) is 77.3 Å². The van der Waals surface area contributed by atoms with Crippen LogP contribution in [0.4, 0.5) is 0 Å². The van der Waals surface area contributed by atoms with E-state index in [1.807, 2.05) is 0 Å². The van der Waals surface area contributed by atoms with Crippen LogP contribution < -0.4 is 5.32 Å². The lowest BCUT2D eigenvalue weighted by molar-refractivity contribution is 0.0346. The minimum absolute atomic E-state index is 0.322. The maximum absolute atomic E-state index is 9.39. The van der Waals surface area contributed by atoms with Gasteiger partial charge in [-0.2, -0.15) is 0 Å². The largest absolute Gasteiger partial charge is 0.395 e. The van der Waals surface area contributed by atoms with E-state index < -0.39 is 0 Å². The fourth-order valence-electron chi connectivity index (χ4n) is 4.04. The van der Waals surface area contributed by atoms with Gasteiger partial charge in [0.05, 0.1) is 6.61 Å². The van der Waals surface area contributed by atoms with Gasteiger partial charge in [-0.1, -0.05) is 25.7 Å². The van der Waals surface area contributed by atoms with Crippen LogP contribution in [0.3, 0.4) is 0 Å². The zero-order valence-electron chi connectivity index (χ0n) is 12.9. The molecule has 0 atom stereocenters. The van der Waals surface area contributed by atoms with Gasteiger partial charge in [-0.15, -0.1) is 0 Å². The van der Waals surface area contributed by atoms with Gasteiger partial charge in [0.1, 0.15) is 0 Å². The summed E-state index contributed by atoms with van der Waals surface area (Å²) >= 11 is 0. The molecule has 0 heterocycles. The normalized spacial score (nSPS) is 26.7. The topological polar surface area (TPSA) is 35.5 Å². The van der Waals surface area contributed by atoms with Gasteiger partial charge in [0, 0.05) is 31.7 Å². The molecule has 20 heavy (non-hydrogen) atoms. The van der Waals surface area contributed by atoms with Gasteiger partial charge in [-0.25, -0.2) is 0 Å². The molecule has 0 aromatic carbocycles. The van der Waals surface area contributed by atoms with Crippen LogP contribution in [0.15, 0.2) is 0 Å². The first-order valence-electron chi connectivity index (χ1n) is 8.90. The van der Waals surface area contributed by atoms with E-state index in [2.05, 4.69) is 10.2 Å². The summed E-state index contributed by atoms with van der Waals surface area (Å²) in [6.07, 6.45) is 13.9. The van der Waals surface area contributed by atoms with Gasteiger partial charge in [-0.05, 0) is 43.9 Å². The summed E-state index contributed by atoms with van der Waals surface area (Å²) < 4.78 is 0. The Hall–Kier alpha value is -0.120. The molecule has 116 valence electrons. The molecule has 0 radical (unpaired) electrons. The number of nitrogens with one attached hydrogen (secondary N) is 1. The lowest BCUT2D eigenvalue weighted by Crippen LogP contribution is -2.51. The van der Waals surface area contributed by atoms with Crippen molar-refractivity contribution in [2.24, 2.45) is 5.41 Å². The first-order chi connectivity index (χ1) is 9.81. The number of hydrogen-bond acceptors (Lipinski definition) is 3. The Morgan fingerprint density at radius 2 is 1.75 bits per heavy atom. The Morgan fingerprint density at radius 3 is 2.30 bits per heavy atom. The van der Waals surface area contributed by atoms with Gasteiger partial charge < -0.3 is 10.4 Å². The van der Waals surface area contributed by atoms with Crippen molar-refractivity contribution in [3.63, 3.8) is 0 Å². The molecule has 0 spiro atoms. The van der Waals surface area contributed by atoms with Gasteiger partial charge in [0.2, 0.25) is 0 Å². The fourth-order valence-corrected chi connectivity index (χ4v) is 4.04. The van der Waals surface area contributed by atoms with E-state index in [0.717, 1.165) is 18.6 Å². The van der Waals surface area contributed by atoms with Crippen LogP contribution in [0, 0.1) is 5.41 Å². The maximum Gasteiger partial charge on any atom is 0.0558 e. The molecule has 2 N–H and O–H groups in total. The molecule has 3 aliphatic rings. The van der Waals surface area contributed by atoms with E-state index in [0.29, 0.717) is 12.0 Å². The molecular formula is C17H32N2O. The molecule has 0 aromatic heterocycles. The van der Waals surface area contributed by atoms with Crippen molar-refractivity contribution in [2.45, 2.75) is 76.3 Å². The molecule has 0 aromatic rings. The smallest absolute Gasteiger partial charge is 0.0558 e. The summed E-state index contributed by atoms with van der Waals surface area (Å²) in [5.74, 6) is 0. The van der Waals surface area contributed by atoms with Crippen molar-refractivity contribution in [3.8, 4) is 0 Å². The van der Waals surface area contributed by atoms with Crippen molar-refractivity contribution in [1.29, 1.82) is 0 Å². The molecule has 3 aliphatic carbocycles. The molecule has 3 nitrogen and oxygen atoms in total. The number of rotatable bonds is 8. The van der Waals surface area contributed by atoms with E-state index in [-0.39, 0.29) is 0 Å². The van der Waals surface area contributed by atoms with Crippen molar-refractivity contribution in [3.05, 3.63) is 0 Å². The first-order valence-corrected chi connectivity index (χ1v) is 8.90. The molecule has 3 rings (SSSR count). The second-order valence-electron chi connectivity index (χ2n) is 7.49. The van der Waals surface area contributed by atoms with Gasteiger partial charge in [0.15, 0.2) is 0 Å². The average molecular weight is 280 g/mol. The monoisotopic (exact) mass is 280 g/mol. The van der Waals surface area contributed by atoms with Gasteiger partial charge in [-0.3, -0.25) is 4.90 Å². The Labute approximate surface area is 124 Å². The van der Waals surface area contributed by atoms with Gasteiger partial charge >= 0.3 is 0 Å². The Kier molecular flexibility index (Phi) is 5.00. The summed E-state index contributed by atoms with van der Waals surface area (Å²) in [5, 5.41) is 13.2. The lowest BCUT2D eigenvalue weighted by Gasteiger charge is -2.46. The molecule has 3 saturated carbocycles. The van der Waals surface area contributed by atoms with Gasteiger partial charge in [0.25, 0.3) is 0 Å². The van der Waals surface area contributed by atoms with E-state index in [9.17, 15) is 5.11 Å². The third kappa shape index (κ3) is 3.75. The summed E-state index contributed by atoms with van der Waals surface area (Å²) in [4.78, 5) is 2.61. The number of hydrogen-bond donors (Lipinski definition) is 2. The zero-order valence-corrected chi connectivity index (χ0v) is 12.9. The van der Waals surface area contributed by atoms with Crippen LogP contribution in [0.1, 0.15) is 64.2 Å². The van der Waals surface area contributed by atoms with Crippen LogP contribution in [0.5, 0.6) is 0 Å². The third-order valence-electron chi connectivity index (χ3n) is 5.77. The Morgan fingerprint density at radius 1 is 1.00 bits per heavy atom. The number of aliphatic hydroxyl groups is 1. The number of nitrogens with zero attached hydrogens (tertiary/aromatic N) is 1. The van der Waals surface area contributed by atoms with Crippen molar-refractivity contribution in [2.75, 3.05) is 26.2 Å². The molecule has 0 unspecified atom stereocenters. The highest BCUT2D eigenvalue weighted by Gasteiger charge is 2.37. The summed E-state index contributed by atoms with van der Waals surface area (Å²) in [7, 11) is 0. The standard InChI is InChI=1S/C17H32N2O/c20-12-11-19(16-5-4-6-16)14-17(9-2-1-3-10-17)13-18-15-7-8-15/h15-16,18,20H,1-14H2. The zero-order chi connectivity index (χ0) is 13.8. The minimum atomic E-state index is 0.322. The van der Waals surface area contributed by atoms with Crippen LogP contribution in [0.25, 0.3) is 0 Å². The highest BCUT2D eigenvalue weighted by Crippen LogP contribution is 2.39. The molecule has 0 amide bonds. The SMILES string of the molecule is OCCN(CC1(CNC2CC2)CCCCC1)C1CCC1. The molecule has 3 heteroatoms. The van der Waals surface area contributed by atoms with Crippen LogP contribution >= 0.6 is 0 Å². The highest BCUT2D eigenvalue weighted by atomic mass is 16.3. The fraction of sp³-hybridized carbons (Fsp3) is 1.00. The molecular weight excluding hydrogens is 248 g/mol. The molecule has 0 saturated heterocycles. The van der Waals surface area contributed by atoms with Crippen LogP contribution in [0.2, 0.25) is 0 Å². The van der Waals surface area contributed by atoms with Crippen molar-refractivity contribution >= 4 is 0 Å². The van der Waals surface area contributed by atoms with E-state index in [1.54, 1.807) is 0 Å². The number of aliphatic hydroxyl groups excluding tert-OH is 1. The summed E-state index contributed by atoms with van der Waals surface area (Å²) in [5.41, 5.74) is 0.492. The maximum atomic E-state index is 9.39. The predicted octanol–water partition coefficient (Wildman–Crippen LogP) is 2.54. The summed E-state index contributed by atoms with van der Waals surface area (Å²) in [6, 6.07) is 1.59. The molecule has 0 bridgehead atoms. The lowest BCUT2D eigenvalue weighted by atomic mass is 9.72. The molecule has 3 fully saturated rings. The molecule has 0 aliphatic heterocycles. The third-order valence-corrected chi connectivity index (χ3v) is 5.77. The second kappa shape index (κ2) is 6.76. The van der Waals surface area contributed by atoms with Crippen molar-refractivity contribution < 1.29 is 5.11 Å². The van der Waals surface area contributed by atoms with E-state index in [4.69, 9.17) is 0 Å². The Balaban J connectivity index is 1.59. The Bertz CT molecular complexity index is 293. The average Bonchev–Trinajstić information content (AvgIpc) is 3.20. The summed E-state index contributed by atoms with van der Waals surface area (Å²) in [6.45, 7) is 3.64. The first kappa shape index (κ1) is 14.8. The second-order valence-corrected chi connectivity index (χ2v) is 7.49. The van der Waals surface area contributed by atoms with E-state index >= 15 is 0 Å². The van der Waals surface area contributed by atoms with Crippen molar-refractivity contribution in [1.82, 2.24) is 10.2 Å². The predicted molar refractivity (Wildman–Crippen MR) is 82.8 cm³/mol. The minimum Gasteiger partial charge on any atom is -0.395 e. The quantitative estimate of drug-likeness (QED) is 0.717.